The first kappa shape index (κ1) is 24.0. The lowest BCUT2D eigenvalue weighted by Crippen LogP contribution is -2.45. The highest BCUT2D eigenvalue weighted by molar-refractivity contribution is 5.92. The topological polar surface area (TPSA) is 99.1 Å². The molecule has 0 radical (unpaired) electrons. The Labute approximate surface area is 167 Å². The van der Waals surface area contributed by atoms with Gasteiger partial charge in [-0.2, -0.15) is 0 Å². The van der Waals surface area contributed by atoms with E-state index in [2.05, 4.69) is 0 Å². The smallest absolute Gasteiger partial charge is 0.337 e. The van der Waals surface area contributed by atoms with Crippen molar-refractivity contribution >= 4 is 17.9 Å². The van der Waals surface area contributed by atoms with Crippen LogP contribution in [0.25, 0.3) is 0 Å². The number of rotatable bonds is 5. The van der Waals surface area contributed by atoms with Gasteiger partial charge in [0, 0.05) is 5.41 Å². The Bertz CT molecular complexity index is 683. The fourth-order valence-corrected chi connectivity index (χ4v) is 4.21. The Kier molecular flexibility index (Phi) is 6.65. The first-order valence-corrected chi connectivity index (χ1v) is 9.34. The maximum absolute atomic E-state index is 12.8. The van der Waals surface area contributed by atoms with E-state index in [9.17, 15) is 19.5 Å². The summed E-state index contributed by atoms with van der Waals surface area (Å²) in [5.74, 6) is -1.75. The van der Waals surface area contributed by atoms with Crippen LogP contribution in [0.15, 0.2) is 11.3 Å². The van der Waals surface area contributed by atoms with Gasteiger partial charge in [0.15, 0.2) is 0 Å². The standard InChI is InChI=1S/C21H34O7/c1-18(2,3)28-15(23)13-10-20(6,17(25)27-9)12-21(7,14(13)22)11-19(4,5)16(24)26-8/h22H,10-12H2,1-9H3. The van der Waals surface area contributed by atoms with E-state index in [0.717, 1.165) is 0 Å². The maximum atomic E-state index is 12.8. The molecule has 2 atom stereocenters. The van der Waals surface area contributed by atoms with E-state index in [1.54, 1.807) is 48.5 Å². The van der Waals surface area contributed by atoms with Crippen LogP contribution in [0.2, 0.25) is 0 Å². The average molecular weight is 398 g/mol. The highest BCUT2D eigenvalue weighted by atomic mass is 16.6. The fourth-order valence-electron chi connectivity index (χ4n) is 4.21. The molecule has 0 saturated heterocycles. The van der Waals surface area contributed by atoms with Gasteiger partial charge in [0.25, 0.3) is 0 Å². The molecule has 0 amide bonds. The maximum Gasteiger partial charge on any atom is 0.337 e. The number of ether oxygens (including phenoxy) is 3. The van der Waals surface area contributed by atoms with Crippen LogP contribution in [-0.4, -0.2) is 42.8 Å². The van der Waals surface area contributed by atoms with Gasteiger partial charge in [-0.25, -0.2) is 4.79 Å². The Balaban J connectivity index is 3.50. The lowest BCUT2D eigenvalue weighted by molar-refractivity contribution is -0.158. The molecule has 2 unspecified atom stereocenters. The summed E-state index contributed by atoms with van der Waals surface area (Å²) in [5, 5.41) is 11.0. The van der Waals surface area contributed by atoms with Crippen molar-refractivity contribution in [1.29, 1.82) is 0 Å². The minimum Gasteiger partial charge on any atom is -0.511 e. The van der Waals surface area contributed by atoms with Crippen molar-refractivity contribution < 1.29 is 33.7 Å². The van der Waals surface area contributed by atoms with Gasteiger partial charge in [-0.3, -0.25) is 9.59 Å². The number of aliphatic hydroxyl groups is 1. The van der Waals surface area contributed by atoms with Crippen molar-refractivity contribution in [1.82, 2.24) is 0 Å². The first-order valence-electron chi connectivity index (χ1n) is 9.34. The third-order valence-corrected chi connectivity index (χ3v) is 5.10. The molecular formula is C21H34O7. The molecule has 7 heteroatoms. The molecule has 7 nitrogen and oxygen atoms in total. The molecule has 1 aliphatic rings. The molecule has 1 N–H and O–H groups in total. The second-order valence-electron chi connectivity index (χ2n) is 9.85. The van der Waals surface area contributed by atoms with Gasteiger partial charge in [0.05, 0.1) is 30.6 Å². The summed E-state index contributed by atoms with van der Waals surface area (Å²) in [6.45, 7) is 12.0. The van der Waals surface area contributed by atoms with Crippen molar-refractivity contribution in [3.05, 3.63) is 11.3 Å². The van der Waals surface area contributed by atoms with Crippen molar-refractivity contribution in [2.45, 2.75) is 73.3 Å². The zero-order chi connectivity index (χ0) is 22.1. The van der Waals surface area contributed by atoms with Gasteiger partial charge >= 0.3 is 17.9 Å². The Hall–Kier alpha value is -2.05. The molecule has 28 heavy (non-hydrogen) atoms. The van der Waals surface area contributed by atoms with Crippen LogP contribution in [0, 0.1) is 16.2 Å². The second kappa shape index (κ2) is 7.76. The van der Waals surface area contributed by atoms with E-state index in [4.69, 9.17) is 14.2 Å². The quantitative estimate of drug-likeness (QED) is 0.557. The summed E-state index contributed by atoms with van der Waals surface area (Å²) in [5.41, 5.74) is -3.73. The zero-order valence-electron chi connectivity index (χ0n) is 18.5. The van der Waals surface area contributed by atoms with Crippen LogP contribution < -0.4 is 0 Å². The third kappa shape index (κ3) is 5.06. The first-order chi connectivity index (χ1) is 12.5. The number of allylic oxidation sites excluding steroid dienone is 1. The molecule has 0 aromatic rings. The minimum absolute atomic E-state index is 0.00529. The number of methoxy groups -OCH3 is 2. The van der Waals surface area contributed by atoms with Crippen molar-refractivity contribution in [3.8, 4) is 0 Å². The van der Waals surface area contributed by atoms with Crippen molar-refractivity contribution in [2.24, 2.45) is 16.2 Å². The van der Waals surface area contributed by atoms with Crippen LogP contribution in [0.4, 0.5) is 0 Å². The molecule has 0 fully saturated rings. The third-order valence-electron chi connectivity index (χ3n) is 5.10. The number of carbonyl (C=O) groups is 3. The Morgan fingerprint density at radius 1 is 1.04 bits per heavy atom. The predicted molar refractivity (Wildman–Crippen MR) is 103 cm³/mol. The molecule has 160 valence electrons. The summed E-state index contributed by atoms with van der Waals surface area (Å²) in [6.07, 6.45) is 0.386. The molecule has 0 heterocycles. The average Bonchev–Trinajstić information content (AvgIpc) is 2.54. The van der Waals surface area contributed by atoms with Gasteiger partial charge in [-0.15, -0.1) is 0 Å². The molecular weight excluding hydrogens is 364 g/mol. The fraction of sp³-hybridized carbons (Fsp3) is 0.762. The lowest BCUT2D eigenvalue weighted by atomic mass is 9.59. The van der Waals surface area contributed by atoms with Crippen LogP contribution in [-0.2, 0) is 28.6 Å². The van der Waals surface area contributed by atoms with E-state index in [0.29, 0.717) is 0 Å². The van der Waals surface area contributed by atoms with E-state index in [-0.39, 0.29) is 30.6 Å². The molecule has 0 bridgehead atoms. The van der Waals surface area contributed by atoms with Gasteiger partial charge < -0.3 is 19.3 Å². The van der Waals surface area contributed by atoms with Gasteiger partial charge in [-0.05, 0) is 60.8 Å². The van der Waals surface area contributed by atoms with Crippen LogP contribution in [0.1, 0.15) is 67.7 Å². The largest absolute Gasteiger partial charge is 0.511 e. The Morgan fingerprint density at radius 2 is 1.57 bits per heavy atom. The minimum atomic E-state index is -1.05. The summed E-state index contributed by atoms with van der Waals surface area (Å²) >= 11 is 0. The summed E-state index contributed by atoms with van der Waals surface area (Å²) in [7, 11) is 2.59. The molecule has 1 aliphatic carbocycles. The number of aliphatic hydroxyl groups excluding tert-OH is 1. The van der Waals surface area contributed by atoms with Crippen LogP contribution >= 0.6 is 0 Å². The van der Waals surface area contributed by atoms with E-state index in [1.165, 1.54) is 14.2 Å². The lowest BCUT2D eigenvalue weighted by Gasteiger charge is -2.45. The summed E-state index contributed by atoms with van der Waals surface area (Å²) in [4.78, 5) is 37.5. The highest BCUT2D eigenvalue weighted by Gasteiger charge is 2.53. The van der Waals surface area contributed by atoms with Crippen LogP contribution in [0.3, 0.4) is 0 Å². The number of carbonyl (C=O) groups excluding carboxylic acids is 3. The molecule has 0 saturated carbocycles. The number of hydrogen-bond donors (Lipinski definition) is 1. The molecule has 1 rings (SSSR count). The van der Waals surface area contributed by atoms with E-state index < -0.39 is 39.8 Å². The van der Waals surface area contributed by atoms with Crippen molar-refractivity contribution in [3.63, 3.8) is 0 Å². The second-order valence-corrected chi connectivity index (χ2v) is 9.85. The normalized spacial score (nSPS) is 25.9. The van der Waals surface area contributed by atoms with Crippen LogP contribution in [0.5, 0.6) is 0 Å². The highest BCUT2D eigenvalue weighted by Crippen LogP contribution is 2.54. The summed E-state index contributed by atoms with van der Waals surface area (Å²) in [6, 6.07) is 0. The van der Waals surface area contributed by atoms with Gasteiger partial charge in [0.1, 0.15) is 11.4 Å². The SMILES string of the molecule is COC(=O)C(C)(C)CC1(C)CC(C)(C(=O)OC)CC(C(=O)OC(C)(C)C)=C1O. The Morgan fingerprint density at radius 3 is 2.00 bits per heavy atom. The van der Waals surface area contributed by atoms with Gasteiger partial charge in [-0.1, -0.05) is 6.92 Å². The summed E-state index contributed by atoms with van der Waals surface area (Å²) < 4.78 is 15.3. The monoisotopic (exact) mass is 398 g/mol. The van der Waals surface area contributed by atoms with E-state index >= 15 is 0 Å². The molecule has 0 aromatic heterocycles. The predicted octanol–water partition coefficient (Wildman–Crippen LogP) is 3.71. The number of esters is 3. The number of hydrogen-bond acceptors (Lipinski definition) is 7. The van der Waals surface area contributed by atoms with Crippen molar-refractivity contribution in [2.75, 3.05) is 14.2 Å². The molecule has 0 spiro atoms. The zero-order valence-corrected chi connectivity index (χ0v) is 18.5. The molecule has 0 aliphatic heterocycles. The van der Waals surface area contributed by atoms with Gasteiger partial charge in [0.2, 0.25) is 0 Å². The van der Waals surface area contributed by atoms with E-state index in [1.807, 2.05) is 0 Å². The molecule has 0 aromatic carbocycles.